The average molecular weight is 494 g/mol. The Balaban J connectivity index is 1.29. The van der Waals surface area contributed by atoms with Gasteiger partial charge in [-0.25, -0.2) is 4.98 Å². The monoisotopic (exact) mass is 493 g/mol. The Morgan fingerprint density at radius 3 is 2.68 bits per heavy atom. The first-order valence-electron chi connectivity index (χ1n) is 10.8. The minimum absolute atomic E-state index is 0.114. The van der Waals surface area contributed by atoms with Gasteiger partial charge in [0, 0.05) is 18.5 Å². The number of thioether (sulfide) groups is 1. The molecule has 9 heteroatoms. The van der Waals surface area contributed by atoms with Crippen molar-refractivity contribution in [3.8, 4) is 16.3 Å². The molecule has 0 radical (unpaired) electrons. The molecule has 0 bridgehead atoms. The number of benzene rings is 2. The summed E-state index contributed by atoms with van der Waals surface area (Å²) in [5, 5.41) is 5.07. The van der Waals surface area contributed by atoms with E-state index in [0.717, 1.165) is 38.5 Å². The van der Waals surface area contributed by atoms with Crippen LogP contribution in [0.4, 0.5) is 4.79 Å². The number of carbonyl (C=O) groups is 3. The fourth-order valence-corrected chi connectivity index (χ4v) is 5.08. The Morgan fingerprint density at radius 1 is 1.12 bits per heavy atom. The molecule has 7 nitrogen and oxygen atoms in total. The molecule has 0 unspecified atom stereocenters. The Kier molecular flexibility index (Phi) is 7.76. The molecule has 0 saturated carbocycles. The number of para-hydroxylation sites is 1. The highest BCUT2D eigenvalue weighted by Crippen LogP contribution is 2.33. The van der Waals surface area contributed by atoms with E-state index in [1.807, 2.05) is 66.9 Å². The second-order valence-electron chi connectivity index (χ2n) is 7.34. The normalized spacial score (nSPS) is 14.6. The summed E-state index contributed by atoms with van der Waals surface area (Å²) in [6.07, 6.45) is 1.82. The first kappa shape index (κ1) is 23.7. The van der Waals surface area contributed by atoms with Gasteiger partial charge in [-0.15, -0.1) is 11.3 Å². The van der Waals surface area contributed by atoms with E-state index >= 15 is 0 Å². The number of carbonyl (C=O) groups excluding carboxylic acids is 3. The Bertz CT molecular complexity index is 1220. The molecule has 174 valence electrons. The predicted molar refractivity (Wildman–Crippen MR) is 135 cm³/mol. The summed E-state index contributed by atoms with van der Waals surface area (Å²) in [6.45, 7) is 2.78. The molecule has 0 atom stereocenters. The van der Waals surface area contributed by atoms with Gasteiger partial charge >= 0.3 is 0 Å². The highest BCUT2D eigenvalue weighted by Gasteiger charge is 2.34. The molecule has 2 aromatic carbocycles. The van der Waals surface area contributed by atoms with Gasteiger partial charge < -0.3 is 10.1 Å². The summed E-state index contributed by atoms with van der Waals surface area (Å²) in [5.41, 5.74) is 2.40. The lowest BCUT2D eigenvalue weighted by Gasteiger charge is -2.12. The summed E-state index contributed by atoms with van der Waals surface area (Å²) in [6, 6.07) is 17.0. The van der Waals surface area contributed by atoms with E-state index in [9.17, 15) is 14.4 Å². The molecule has 0 spiro atoms. The van der Waals surface area contributed by atoms with Gasteiger partial charge in [-0.3, -0.25) is 19.3 Å². The lowest BCUT2D eigenvalue weighted by molar-refractivity contribution is -0.124. The maximum Gasteiger partial charge on any atom is 0.293 e. The van der Waals surface area contributed by atoms with Crippen molar-refractivity contribution in [2.24, 2.45) is 0 Å². The number of imide groups is 1. The van der Waals surface area contributed by atoms with Gasteiger partial charge in [-0.05, 0) is 42.5 Å². The SMILES string of the molecule is CCOc1ccccc1-c1nc(CC(=O)NCCN2C(=O)S/C(=C\c3ccccc3)C2=O)cs1. The van der Waals surface area contributed by atoms with E-state index in [2.05, 4.69) is 10.3 Å². The topological polar surface area (TPSA) is 88.6 Å². The zero-order valence-corrected chi connectivity index (χ0v) is 20.2. The summed E-state index contributed by atoms with van der Waals surface area (Å²) >= 11 is 2.36. The first-order chi connectivity index (χ1) is 16.5. The van der Waals surface area contributed by atoms with Gasteiger partial charge in [0.05, 0.1) is 29.2 Å². The number of rotatable bonds is 9. The number of nitrogens with one attached hydrogen (secondary N) is 1. The smallest absolute Gasteiger partial charge is 0.293 e. The van der Waals surface area contributed by atoms with Crippen LogP contribution in [-0.2, 0) is 16.0 Å². The number of amides is 3. The molecule has 1 N–H and O–H groups in total. The average Bonchev–Trinajstić information content (AvgIpc) is 3.40. The first-order valence-corrected chi connectivity index (χ1v) is 12.5. The number of ether oxygens (including phenoxy) is 1. The van der Waals surface area contributed by atoms with Crippen LogP contribution < -0.4 is 10.1 Å². The van der Waals surface area contributed by atoms with Gasteiger partial charge in [0.2, 0.25) is 5.91 Å². The van der Waals surface area contributed by atoms with E-state index in [0.29, 0.717) is 17.2 Å². The maximum atomic E-state index is 12.6. The summed E-state index contributed by atoms with van der Waals surface area (Å²) in [5.74, 6) is 0.195. The quantitative estimate of drug-likeness (QED) is 0.438. The molecule has 34 heavy (non-hydrogen) atoms. The Morgan fingerprint density at radius 2 is 1.88 bits per heavy atom. The van der Waals surface area contributed by atoms with Crippen LogP contribution in [0.15, 0.2) is 64.9 Å². The van der Waals surface area contributed by atoms with Crippen molar-refractivity contribution in [3.63, 3.8) is 0 Å². The Labute approximate surface area is 205 Å². The molecule has 3 amide bonds. The fraction of sp³-hybridized carbons (Fsp3) is 0.200. The molecule has 4 rings (SSSR count). The second-order valence-corrected chi connectivity index (χ2v) is 9.20. The van der Waals surface area contributed by atoms with Crippen molar-refractivity contribution in [1.82, 2.24) is 15.2 Å². The lowest BCUT2D eigenvalue weighted by Crippen LogP contribution is -2.37. The second kappa shape index (κ2) is 11.1. The number of thiazole rings is 1. The van der Waals surface area contributed by atoms with Crippen LogP contribution in [-0.4, -0.2) is 46.6 Å². The lowest BCUT2D eigenvalue weighted by atomic mass is 10.2. The van der Waals surface area contributed by atoms with E-state index in [4.69, 9.17) is 4.74 Å². The molecular formula is C25H23N3O4S2. The molecule has 1 aliphatic heterocycles. The van der Waals surface area contributed by atoms with Crippen molar-refractivity contribution in [2.45, 2.75) is 13.3 Å². The van der Waals surface area contributed by atoms with Crippen molar-refractivity contribution in [3.05, 3.63) is 76.1 Å². The molecule has 3 aromatic rings. The molecule has 1 aromatic heterocycles. The van der Waals surface area contributed by atoms with Gasteiger partial charge in [-0.1, -0.05) is 42.5 Å². The third kappa shape index (κ3) is 5.73. The van der Waals surface area contributed by atoms with Crippen LogP contribution in [0.1, 0.15) is 18.2 Å². The summed E-state index contributed by atoms with van der Waals surface area (Å²) < 4.78 is 5.66. The number of aromatic nitrogens is 1. The van der Waals surface area contributed by atoms with Crippen molar-refractivity contribution >= 4 is 46.2 Å². The number of hydrogen-bond donors (Lipinski definition) is 1. The standard InChI is InChI=1S/C25H23N3O4S2/c1-2-32-20-11-7-6-10-19(20)23-27-18(16-33-23)15-22(29)26-12-13-28-24(30)21(34-25(28)31)14-17-8-4-3-5-9-17/h3-11,14,16H,2,12-13,15H2,1H3,(H,26,29)/b21-14-. The predicted octanol–water partition coefficient (Wildman–Crippen LogP) is 4.60. The van der Waals surface area contributed by atoms with Crippen LogP contribution in [0.2, 0.25) is 0 Å². The minimum atomic E-state index is -0.342. The Hall–Kier alpha value is -3.43. The van der Waals surface area contributed by atoms with Gasteiger partial charge in [-0.2, -0.15) is 0 Å². The fourth-order valence-electron chi connectivity index (χ4n) is 3.36. The van der Waals surface area contributed by atoms with Gasteiger partial charge in [0.15, 0.2) is 0 Å². The third-order valence-electron chi connectivity index (χ3n) is 4.94. The van der Waals surface area contributed by atoms with E-state index in [1.165, 1.54) is 11.3 Å². The van der Waals surface area contributed by atoms with Crippen LogP contribution in [0.5, 0.6) is 5.75 Å². The van der Waals surface area contributed by atoms with Crippen molar-refractivity contribution in [2.75, 3.05) is 19.7 Å². The van der Waals surface area contributed by atoms with Gasteiger partial charge in [0.25, 0.3) is 11.1 Å². The summed E-state index contributed by atoms with van der Waals surface area (Å²) in [7, 11) is 0. The van der Waals surface area contributed by atoms with Crippen molar-refractivity contribution < 1.29 is 19.1 Å². The van der Waals surface area contributed by atoms with E-state index < -0.39 is 0 Å². The van der Waals surface area contributed by atoms with E-state index in [1.54, 1.807) is 6.08 Å². The molecule has 1 aliphatic rings. The van der Waals surface area contributed by atoms with Crippen molar-refractivity contribution in [1.29, 1.82) is 0 Å². The summed E-state index contributed by atoms with van der Waals surface area (Å²) in [4.78, 5) is 43.3. The highest BCUT2D eigenvalue weighted by molar-refractivity contribution is 8.18. The van der Waals surface area contributed by atoms with Crippen LogP contribution in [0.25, 0.3) is 16.6 Å². The maximum absolute atomic E-state index is 12.6. The zero-order chi connectivity index (χ0) is 23.9. The third-order valence-corrected chi connectivity index (χ3v) is 6.77. The van der Waals surface area contributed by atoms with Crippen LogP contribution in [0, 0.1) is 0 Å². The minimum Gasteiger partial charge on any atom is -0.493 e. The zero-order valence-electron chi connectivity index (χ0n) is 18.5. The highest BCUT2D eigenvalue weighted by atomic mass is 32.2. The van der Waals surface area contributed by atoms with Crippen LogP contribution >= 0.6 is 23.1 Å². The number of nitrogens with zero attached hydrogens (tertiary/aromatic N) is 2. The largest absolute Gasteiger partial charge is 0.493 e. The molecule has 1 fully saturated rings. The number of hydrogen-bond acceptors (Lipinski definition) is 7. The molecule has 2 heterocycles. The van der Waals surface area contributed by atoms with Gasteiger partial charge in [0.1, 0.15) is 10.8 Å². The molecule has 1 saturated heterocycles. The molecule has 0 aliphatic carbocycles. The van der Waals surface area contributed by atoms with E-state index in [-0.39, 0.29) is 36.6 Å². The van der Waals surface area contributed by atoms with Crippen LogP contribution in [0.3, 0.4) is 0 Å². The molecular weight excluding hydrogens is 470 g/mol.